The molecule has 1 aliphatic heterocycles. The smallest absolute Gasteiger partial charge is 0.158 e. The van der Waals surface area contributed by atoms with Gasteiger partial charge >= 0.3 is 0 Å². The topological polar surface area (TPSA) is 58.0 Å². The standard InChI is InChI=1S/C24H29N5S/c1-11(2)19-20-14(5)22(16-6-15-7-18(16)25-8-15)30-24(20)28-21(19)17-9-29-23(26-10-27-29)13(4)12(17)3/h9-11,15-16,18,25,28H,6-8H2,1-5H3/t15?,16?,18-/m0/s1. The monoisotopic (exact) mass is 419 g/mol. The number of thiophene rings is 1. The normalized spacial score (nSPS) is 23.6. The molecule has 2 bridgehead atoms. The van der Waals surface area contributed by atoms with Crippen molar-refractivity contribution in [1.82, 2.24) is 24.9 Å². The van der Waals surface area contributed by atoms with Gasteiger partial charge in [0.1, 0.15) is 11.2 Å². The van der Waals surface area contributed by atoms with Crippen molar-refractivity contribution in [2.75, 3.05) is 6.54 Å². The second-order valence-electron chi connectivity index (χ2n) is 9.64. The summed E-state index contributed by atoms with van der Waals surface area (Å²) < 4.78 is 1.91. The Labute approximate surface area is 180 Å². The van der Waals surface area contributed by atoms with E-state index in [0.717, 1.165) is 11.6 Å². The molecule has 0 amide bonds. The predicted molar refractivity (Wildman–Crippen MR) is 124 cm³/mol. The molecule has 6 rings (SSSR count). The van der Waals surface area contributed by atoms with Gasteiger partial charge in [-0.25, -0.2) is 9.50 Å². The van der Waals surface area contributed by atoms with E-state index in [1.165, 1.54) is 63.1 Å². The molecule has 5 nitrogen and oxygen atoms in total. The lowest BCUT2D eigenvalue weighted by molar-refractivity contribution is 0.452. The van der Waals surface area contributed by atoms with Gasteiger partial charge in [0.25, 0.3) is 0 Å². The molecule has 0 radical (unpaired) electrons. The van der Waals surface area contributed by atoms with Crippen LogP contribution in [0.1, 0.15) is 65.7 Å². The maximum atomic E-state index is 4.43. The maximum Gasteiger partial charge on any atom is 0.158 e. The van der Waals surface area contributed by atoms with Crippen molar-refractivity contribution < 1.29 is 0 Å². The number of H-pyrrole nitrogens is 1. The summed E-state index contributed by atoms with van der Waals surface area (Å²) in [5.74, 6) is 2.01. The van der Waals surface area contributed by atoms with Gasteiger partial charge in [-0.3, -0.25) is 0 Å². The number of aromatic amines is 1. The first-order valence-electron chi connectivity index (χ1n) is 11.1. The van der Waals surface area contributed by atoms with Gasteiger partial charge in [-0.05, 0) is 74.2 Å². The average molecular weight is 420 g/mol. The van der Waals surface area contributed by atoms with Crippen LogP contribution in [-0.2, 0) is 0 Å². The maximum absolute atomic E-state index is 4.43. The molecule has 2 aliphatic rings. The van der Waals surface area contributed by atoms with Gasteiger partial charge in [0.05, 0.1) is 5.69 Å². The zero-order chi connectivity index (χ0) is 20.7. The number of pyridine rings is 1. The third kappa shape index (κ3) is 2.44. The Balaban J connectivity index is 1.56. The number of aryl methyl sites for hydroxylation is 2. The summed E-state index contributed by atoms with van der Waals surface area (Å²) in [6.45, 7) is 12.6. The van der Waals surface area contributed by atoms with Crippen molar-refractivity contribution in [3.8, 4) is 11.3 Å². The lowest BCUT2D eigenvalue weighted by Crippen LogP contribution is -2.31. The molecule has 0 spiro atoms. The van der Waals surface area contributed by atoms with Crippen LogP contribution in [0.25, 0.3) is 27.1 Å². The zero-order valence-electron chi connectivity index (χ0n) is 18.3. The highest BCUT2D eigenvalue weighted by Gasteiger charge is 2.42. The molecule has 5 heterocycles. The number of hydrogen-bond acceptors (Lipinski definition) is 4. The van der Waals surface area contributed by atoms with Gasteiger partial charge in [-0.15, -0.1) is 11.3 Å². The molecule has 2 N–H and O–H groups in total. The summed E-state index contributed by atoms with van der Waals surface area (Å²) in [7, 11) is 0. The van der Waals surface area contributed by atoms with E-state index < -0.39 is 0 Å². The predicted octanol–water partition coefficient (Wildman–Crippen LogP) is 5.45. The van der Waals surface area contributed by atoms with E-state index in [2.05, 4.69) is 61.2 Å². The summed E-state index contributed by atoms with van der Waals surface area (Å²) >= 11 is 1.99. The fraction of sp³-hybridized carbons (Fsp3) is 0.500. The molecule has 2 unspecified atom stereocenters. The second kappa shape index (κ2) is 6.41. The molecule has 1 saturated heterocycles. The molecular formula is C24H29N5S. The van der Waals surface area contributed by atoms with Gasteiger partial charge in [-0.2, -0.15) is 5.10 Å². The summed E-state index contributed by atoms with van der Waals surface area (Å²) in [5, 5.41) is 9.62. The minimum absolute atomic E-state index is 0.444. The molecule has 0 aromatic carbocycles. The first-order valence-corrected chi connectivity index (χ1v) is 11.9. The van der Waals surface area contributed by atoms with Gasteiger partial charge in [0, 0.05) is 34.0 Å². The molecule has 156 valence electrons. The minimum atomic E-state index is 0.444. The van der Waals surface area contributed by atoms with Crippen molar-refractivity contribution in [2.45, 2.75) is 65.3 Å². The third-order valence-electron chi connectivity index (χ3n) is 7.60. The lowest BCUT2D eigenvalue weighted by atomic mass is 9.91. The van der Waals surface area contributed by atoms with Crippen LogP contribution in [0.3, 0.4) is 0 Å². The van der Waals surface area contributed by atoms with Crippen LogP contribution >= 0.6 is 11.3 Å². The van der Waals surface area contributed by atoms with Crippen molar-refractivity contribution in [3.05, 3.63) is 39.7 Å². The Morgan fingerprint density at radius 2 is 1.97 bits per heavy atom. The van der Waals surface area contributed by atoms with Crippen LogP contribution in [0, 0.1) is 26.7 Å². The zero-order valence-corrected chi connectivity index (χ0v) is 19.2. The van der Waals surface area contributed by atoms with Crippen molar-refractivity contribution in [2.24, 2.45) is 5.92 Å². The number of piperidine rings is 1. The molecule has 1 aliphatic carbocycles. The number of hydrogen-bond donors (Lipinski definition) is 2. The van der Waals surface area contributed by atoms with E-state index in [-0.39, 0.29) is 0 Å². The van der Waals surface area contributed by atoms with E-state index in [9.17, 15) is 0 Å². The Bertz CT molecular complexity index is 1290. The summed E-state index contributed by atoms with van der Waals surface area (Å²) in [5.41, 5.74) is 8.85. The fourth-order valence-corrected chi connectivity index (χ4v) is 7.39. The molecule has 3 atom stereocenters. The van der Waals surface area contributed by atoms with Crippen LogP contribution in [0.5, 0.6) is 0 Å². The fourth-order valence-electron chi connectivity index (χ4n) is 5.99. The van der Waals surface area contributed by atoms with Gasteiger partial charge in [0.15, 0.2) is 5.65 Å². The van der Waals surface area contributed by atoms with Crippen LogP contribution < -0.4 is 5.32 Å². The Morgan fingerprint density at radius 3 is 2.67 bits per heavy atom. The van der Waals surface area contributed by atoms with Crippen LogP contribution in [0.15, 0.2) is 12.5 Å². The highest BCUT2D eigenvalue weighted by atomic mass is 32.1. The van der Waals surface area contributed by atoms with Crippen molar-refractivity contribution in [1.29, 1.82) is 0 Å². The third-order valence-corrected chi connectivity index (χ3v) is 8.94. The summed E-state index contributed by atoms with van der Waals surface area (Å²) in [6.07, 6.45) is 6.49. The summed E-state index contributed by atoms with van der Waals surface area (Å²) in [6, 6.07) is 0.679. The number of rotatable bonds is 3. The van der Waals surface area contributed by atoms with Gasteiger partial charge < -0.3 is 10.3 Å². The number of nitrogens with one attached hydrogen (secondary N) is 2. The van der Waals surface area contributed by atoms with Crippen LogP contribution in [0.4, 0.5) is 0 Å². The van der Waals surface area contributed by atoms with E-state index >= 15 is 0 Å². The SMILES string of the molecule is Cc1c(-c2[nH]c3sc(C4CC5CN[C@H]4C5)c(C)c3c2C(C)C)cn2ncnc2c1C. The summed E-state index contributed by atoms with van der Waals surface area (Å²) in [4.78, 5) is 11.2. The van der Waals surface area contributed by atoms with Crippen LogP contribution in [0.2, 0.25) is 0 Å². The van der Waals surface area contributed by atoms with Crippen molar-refractivity contribution in [3.63, 3.8) is 0 Å². The first kappa shape index (κ1) is 18.6. The van der Waals surface area contributed by atoms with E-state index in [4.69, 9.17) is 0 Å². The highest BCUT2D eigenvalue weighted by molar-refractivity contribution is 7.19. The van der Waals surface area contributed by atoms with Crippen LogP contribution in [-0.4, -0.2) is 32.2 Å². The average Bonchev–Trinajstić information content (AvgIpc) is 3.50. The molecule has 4 aromatic heterocycles. The second-order valence-corrected chi connectivity index (χ2v) is 10.7. The van der Waals surface area contributed by atoms with Crippen molar-refractivity contribution >= 4 is 27.2 Å². The quantitative estimate of drug-likeness (QED) is 0.464. The molecule has 1 saturated carbocycles. The van der Waals surface area contributed by atoms with Gasteiger partial charge in [-0.1, -0.05) is 13.8 Å². The molecule has 30 heavy (non-hydrogen) atoms. The molecule has 2 fully saturated rings. The lowest BCUT2D eigenvalue weighted by Gasteiger charge is -2.22. The molecule has 6 heteroatoms. The number of aromatic nitrogens is 4. The Hall–Kier alpha value is -2.18. The number of nitrogens with zero attached hydrogens (tertiary/aromatic N) is 3. The Morgan fingerprint density at radius 1 is 1.13 bits per heavy atom. The number of fused-ring (bicyclic) bond motifs is 4. The molecular weight excluding hydrogens is 390 g/mol. The van der Waals surface area contributed by atoms with Gasteiger partial charge in [0.2, 0.25) is 0 Å². The highest BCUT2D eigenvalue weighted by Crippen LogP contribution is 2.50. The molecule has 4 aromatic rings. The van der Waals surface area contributed by atoms with E-state index in [0.29, 0.717) is 17.9 Å². The van der Waals surface area contributed by atoms with E-state index in [1.807, 2.05) is 15.9 Å². The largest absolute Gasteiger partial charge is 0.346 e. The Kier molecular flexibility index (Phi) is 3.97. The first-order chi connectivity index (χ1) is 14.4. The minimum Gasteiger partial charge on any atom is -0.346 e. The van der Waals surface area contributed by atoms with E-state index in [1.54, 1.807) is 11.2 Å².